The Labute approximate surface area is 116 Å². The fourth-order valence-corrected chi connectivity index (χ4v) is 3.64. The molecule has 0 fully saturated rings. The molecule has 6 heteroatoms. The number of rotatable bonds is 3. The molecule has 20 heavy (non-hydrogen) atoms. The summed E-state index contributed by atoms with van der Waals surface area (Å²) in [5.74, 6) is 0.0775. The minimum absolute atomic E-state index is 0.0775. The number of nitrogens with one attached hydrogen (secondary N) is 2. The number of aromatic amines is 1. The molecule has 5 nitrogen and oxygen atoms in total. The van der Waals surface area contributed by atoms with Gasteiger partial charge in [0.25, 0.3) is 0 Å². The van der Waals surface area contributed by atoms with Crippen LogP contribution in [0.3, 0.4) is 0 Å². The third-order valence-electron chi connectivity index (χ3n) is 3.32. The number of hydrogen-bond acceptors (Lipinski definition) is 4. The van der Waals surface area contributed by atoms with Gasteiger partial charge >= 0.3 is 0 Å². The van der Waals surface area contributed by atoms with E-state index < -0.39 is 9.84 Å². The molecule has 0 bridgehead atoms. The van der Waals surface area contributed by atoms with Crippen molar-refractivity contribution in [2.75, 3.05) is 5.75 Å². The minimum atomic E-state index is -3.06. The lowest BCUT2D eigenvalue weighted by atomic mass is 10.1. The highest BCUT2D eigenvalue weighted by Crippen LogP contribution is 2.15. The first-order chi connectivity index (χ1) is 9.53. The number of H-pyrrole nitrogens is 1. The number of aromatic nitrogens is 1. The predicted molar refractivity (Wildman–Crippen MR) is 78.1 cm³/mol. The van der Waals surface area contributed by atoms with Crippen LogP contribution in [0.4, 0.5) is 0 Å². The molecule has 104 valence electrons. The molecule has 1 aromatic heterocycles. The summed E-state index contributed by atoms with van der Waals surface area (Å²) in [4.78, 5) is 14.4. The molecule has 0 saturated carbocycles. The van der Waals surface area contributed by atoms with Crippen LogP contribution in [0.25, 0.3) is 10.9 Å². The molecule has 0 aliphatic carbocycles. The Hall–Kier alpha value is -1.92. The van der Waals surface area contributed by atoms with Crippen molar-refractivity contribution in [1.82, 2.24) is 10.3 Å². The highest BCUT2D eigenvalue weighted by atomic mass is 32.2. The van der Waals surface area contributed by atoms with E-state index in [9.17, 15) is 13.2 Å². The van der Waals surface area contributed by atoms with Gasteiger partial charge in [-0.25, -0.2) is 8.42 Å². The first-order valence-electron chi connectivity index (χ1n) is 6.29. The van der Waals surface area contributed by atoms with Crippen molar-refractivity contribution in [1.29, 1.82) is 0 Å². The summed E-state index contributed by atoms with van der Waals surface area (Å²) in [6, 6.07) is 8.90. The van der Waals surface area contributed by atoms with E-state index in [1.165, 1.54) is 5.41 Å². The van der Waals surface area contributed by atoms with Crippen molar-refractivity contribution < 1.29 is 8.42 Å². The molecule has 0 radical (unpaired) electrons. The Morgan fingerprint density at radius 1 is 1.30 bits per heavy atom. The molecule has 1 aliphatic heterocycles. The van der Waals surface area contributed by atoms with Gasteiger partial charge in [0.05, 0.1) is 5.75 Å². The highest BCUT2D eigenvalue weighted by molar-refractivity contribution is 7.94. The summed E-state index contributed by atoms with van der Waals surface area (Å²) < 4.78 is 22.7. The van der Waals surface area contributed by atoms with Crippen LogP contribution in [0.15, 0.2) is 46.6 Å². The minimum Gasteiger partial charge on any atom is -0.322 e. The van der Waals surface area contributed by atoms with E-state index in [0.717, 1.165) is 16.5 Å². The van der Waals surface area contributed by atoms with Crippen LogP contribution in [-0.4, -0.2) is 25.2 Å². The van der Waals surface area contributed by atoms with Gasteiger partial charge in [0, 0.05) is 35.0 Å². The monoisotopic (exact) mass is 290 g/mol. The number of para-hydroxylation sites is 1. The zero-order valence-electron chi connectivity index (χ0n) is 10.7. The van der Waals surface area contributed by atoms with Crippen LogP contribution >= 0.6 is 0 Å². The lowest BCUT2D eigenvalue weighted by molar-refractivity contribution is 0.591. The van der Waals surface area contributed by atoms with Gasteiger partial charge in [0.2, 0.25) is 5.56 Å². The Morgan fingerprint density at radius 3 is 2.85 bits per heavy atom. The second-order valence-electron chi connectivity index (χ2n) is 4.85. The molecule has 2 N–H and O–H groups in total. The van der Waals surface area contributed by atoms with Crippen LogP contribution in [0.2, 0.25) is 0 Å². The number of fused-ring (bicyclic) bond motifs is 1. The number of hydrogen-bond donors (Lipinski definition) is 2. The van der Waals surface area contributed by atoms with Gasteiger partial charge in [-0.3, -0.25) is 4.79 Å². The molecule has 0 amide bonds. The van der Waals surface area contributed by atoms with Gasteiger partial charge in [0.1, 0.15) is 0 Å². The topological polar surface area (TPSA) is 79.0 Å². The molecule has 1 aliphatic rings. The average molecular weight is 290 g/mol. The van der Waals surface area contributed by atoms with E-state index in [4.69, 9.17) is 0 Å². The molecule has 0 spiro atoms. The third-order valence-corrected chi connectivity index (χ3v) is 4.72. The average Bonchev–Trinajstić information content (AvgIpc) is 2.75. The summed E-state index contributed by atoms with van der Waals surface area (Å²) in [7, 11) is -3.06. The maximum absolute atomic E-state index is 11.6. The van der Waals surface area contributed by atoms with E-state index in [0.29, 0.717) is 6.54 Å². The van der Waals surface area contributed by atoms with E-state index in [1.54, 1.807) is 12.1 Å². The first-order valence-corrected chi connectivity index (χ1v) is 8.00. The Kier molecular flexibility index (Phi) is 3.19. The molecule has 1 atom stereocenters. The maximum atomic E-state index is 11.6. The van der Waals surface area contributed by atoms with Crippen LogP contribution in [0.1, 0.15) is 5.56 Å². The molecular formula is C14H14N2O3S. The lowest BCUT2D eigenvalue weighted by Gasteiger charge is -2.11. The van der Waals surface area contributed by atoms with Crippen LogP contribution < -0.4 is 10.9 Å². The van der Waals surface area contributed by atoms with Crippen molar-refractivity contribution in [3.63, 3.8) is 0 Å². The van der Waals surface area contributed by atoms with Gasteiger partial charge in [-0.1, -0.05) is 24.3 Å². The van der Waals surface area contributed by atoms with Crippen molar-refractivity contribution in [3.8, 4) is 0 Å². The molecule has 1 unspecified atom stereocenters. The van der Waals surface area contributed by atoms with Crippen LogP contribution in [-0.2, 0) is 16.4 Å². The number of sulfone groups is 1. The third kappa shape index (κ3) is 2.66. The zero-order valence-corrected chi connectivity index (χ0v) is 11.5. The van der Waals surface area contributed by atoms with Gasteiger partial charge in [-0.05, 0) is 11.6 Å². The molecule has 2 aromatic rings. The van der Waals surface area contributed by atoms with Gasteiger partial charge in [-0.2, -0.15) is 0 Å². The summed E-state index contributed by atoms with van der Waals surface area (Å²) in [5.41, 5.74) is 1.49. The summed E-state index contributed by atoms with van der Waals surface area (Å²) in [6.45, 7) is 0.453. The van der Waals surface area contributed by atoms with Crippen molar-refractivity contribution in [2.45, 2.75) is 12.6 Å². The quantitative estimate of drug-likeness (QED) is 0.881. The Morgan fingerprint density at radius 2 is 2.10 bits per heavy atom. The summed E-state index contributed by atoms with van der Waals surface area (Å²) >= 11 is 0. The van der Waals surface area contributed by atoms with Crippen molar-refractivity contribution in [3.05, 3.63) is 57.7 Å². The van der Waals surface area contributed by atoms with Crippen molar-refractivity contribution in [2.24, 2.45) is 0 Å². The largest absolute Gasteiger partial charge is 0.322 e. The van der Waals surface area contributed by atoms with Gasteiger partial charge in [-0.15, -0.1) is 0 Å². The van der Waals surface area contributed by atoms with Crippen molar-refractivity contribution >= 4 is 20.7 Å². The highest BCUT2D eigenvalue weighted by Gasteiger charge is 2.21. The smallest absolute Gasteiger partial charge is 0.248 e. The first kappa shape index (κ1) is 13.1. The predicted octanol–water partition coefficient (Wildman–Crippen LogP) is 0.928. The van der Waals surface area contributed by atoms with Crippen LogP contribution in [0.5, 0.6) is 0 Å². The zero-order chi connectivity index (χ0) is 14.2. The molecule has 2 heterocycles. The summed E-state index contributed by atoms with van der Waals surface area (Å²) in [5, 5.41) is 5.35. The van der Waals surface area contributed by atoms with E-state index in [1.807, 2.05) is 24.3 Å². The second-order valence-corrected chi connectivity index (χ2v) is 6.78. The number of benzene rings is 1. The fraction of sp³-hybridized carbons (Fsp3) is 0.214. The summed E-state index contributed by atoms with van der Waals surface area (Å²) in [6.07, 6.45) is 1.64. The second kappa shape index (κ2) is 4.88. The maximum Gasteiger partial charge on any atom is 0.248 e. The standard InChI is InChI=1S/C14H14N2O3S/c17-14-7-10(12-3-1-2-4-13(12)16-14)8-15-11-5-6-20(18,19)9-11/h1-7,11,15H,8-9H2,(H,16,17). The number of pyridine rings is 1. The normalized spacial score (nSPS) is 20.5. The molecule has 0 saturated heterocycles. The molecule has 3 rings (SSSR count). The van der Waals surface area contributed by atoms with Gasteiger partial charge in [0.15, 0.2) is 9.84 Å². The van der Waals surface area contributed by atoms with Gasteiger partial charge < -0.3 is 10.3 Å². The lowest BCUT2D eigenvalue weighted by Crippen LogP contribution is -2.30. The Balaban J connectivity index is 1.85. The fourth-order valence-electron chi connectivity index (χ4n) is 2.37. The van der Waals surface area contributed by atoms with E-state index in [-0.39, 0.29) is 17.4 Å². The molecular weight excluding hydrogens is 276 g/mol. The Bertz CT molecular complexity index is 837. The van der Waals surface area contributed by atoms with E-state index in [2.05, 4.69) is 10.3 Å². The molecule has 1 aromatic carbocycles. The van der Waals surface area contributed by atoms with Crippen LogP contribution in [0, 0.1) is 0 Å². The SMILES string of the molecule is O=c1cc(CNC2C=CS(=O)(=O)C2)c2ccccc2[nH]1. The van der Waals surface area contributed by atoms with E-state index >= 15 is 0 Å².